The number of benzene rings is 1. The lowest BCUT2D eigenvalue weighted by atomic mass is 9.80. The largest absolute Gasteiger partial charge is 0.481 e. The third-order valence-corrected chi connectivity index (χ3v) is 3.31. The van der Waals surface area contributed by atoms with Crippen molar-refractivity contribution in [3.63, 3.8) is 0 Å². The summed E-state index contributed by atoms with van der Waals surface area (Å²) in [6.45, 7) is 3.90. The smallest absolute Gasteiger partial charge is 0.306 e. The van der Waals surface area contributed by atoms with Gasteiger partial charge < -0.3 is 10.4 Å². The highest BCUT2D eigenvalue weighted by atomic mass is 16.4. The van der Waals surface area contributed by atoms with E-state index in [1.165, 1.54) is 0 Å². The first-order valence-corrected chi connectivity index (χ1v) is 6.07. The summed E-state index contributed by atoms with van der Waals surface area (Å²) in [5, 5.41) is 11.6. The van der Waals surface area contributed by atoms with Gasteiger partial charge in [0.15, 0.2) is 0 Å². The SMILES string of the molecule is Cc1cc(C)cc(C(=O)NC2CC(C(=O)O)C2)c1. The van der Waals surface area contributed by atoms with Gasteiger partial charge in [-0.3, -0.25) is 9.59 Å². The van der Waals surface area contributed by atoms with Crippen LogP contribution < -0.4 is 5.32 Å². The van der Waals surface area contributed by atoms with E-state index >= 15 is 0 Å². The van der Waals surface area contributed by atoms with Crippen molar-refractivity contribution in [1.82, 2.24) is 5.32 Å². The highest BCUT2D eigenvalue weighted by Gasteiger charge is 2.35. The van der Waals surface area contributed by atoms with Crippen LogP contribution in [0, 0.1) is 19.8 Å². The van der Waals surface area contributed by atoms with Crippen molar-refractivity contribution in [2.75, 3.05) is 0 Å². The molecule has 1 aliphatic carbocycles. The molecule has 1 aromatic rings. The van der Waals surface area contributed by atoms with E-state index in [1.54, 1.807) is 0 Å². The van der Waals surface area contributed by atoms with Crippen LogP contribution in [0.5, 0.6) is 0 Å². The zero-order chi connectivity index (χ0) is 13.3. The second-order valence-electron chi connectivity index (χ2n) is 5.05. The van der Waals surface area contributed by atoms with Crippen molar-refractivity contribution in [2.45, 2.75) is 32.7 Å². The third-order valence-electron chi connectivity index (χ3n) is 3.31. The van der Waals surface area contributed by atoms with E-state index in [0.29, 0.717) is 18.4 Å². The molecule has 0 atom stereocenters. The summed E-state index contributed by atoms with van der Waals surface area (Å²) in [6, 6.07) is 5.70. The van der Waals surface area contributed by atoms with Crippen molar-refractivity contribution in [1.29, 1.82) is 0 Å². The second-order valence-corrected chi connectivity index (χ2v) is 5.05. The van der Waals surface area contributed by atoms with Crippen molar-refractivity contribution < 1.29 is 14.7 Å². The maximum atomic E-state index is 12.0. The van der Waals surface area contributed by atoms with Crippen molar-refractivity contribution in [2.24, 2.45) is 5.92 Å². The Bertz CT molecular complexity index is 470. The minimum atomic E-state index is -0.771. The number of carbonyl (C=O) groups is 2. The van der Waals surface area contributed by atoms with E-state index in [-0.39, 0.29) is 17.9 Å². The summed E-state index contributed by atoms with van der Waals surface area (Å²) in [6.07, 6.45) is 1.07. The highest BCUT2D eigenvalue weighted by molar-refractivity contribution is 5.95. The molecule has 4 heteroatoms. The molecule has 0 heterocycles. The Hall–Kier alpha value is -1.84. The Kier molecular flexibility index (Phi) is 3.36. The van der Waals surface area contributed by atoms with Crippen LogP contribution in [-0.2, 0) is 4.79 Å². The summed E-state index contributed by atoms with van der Waals surface area (Å²) in [4.78, 5) is 22.6. The van der Waals surface area contributed by atoms with Gasteiger partial charge in [0.05, 0.1) is 5.92 Å². The number of carboxylic acid groups (broad SMARTS) is 1. The third kappa shape index (κ3) is 2.70. The second kappa shape index (κ2) is 4.80. The van der Waals surface area contributed by atoms with E-state index in [0.717, 1.165) is 11.1 Å². The van der Waals surface area contributed by atoms with Crippen molar-refractivity contribution in [3.05, 3.63) is 34.9 Å². The summed E-state index contributed by atoms with van der Waals surface area (Å²) in [5.41, 5.74) is 2.75. The Morgan fingerprint density at radius 1 is 1.17 bits per heavy atom. The van der Waals surface area contributed by atoms with Gasteiger partial charge in [0, 0.05) is 11.6 Å². The van der Waals surface area contributed by atoms with Gasteiger partial charge in [-0.1, -0.05) is 17.2 Å². The molecule has 2 N–H and O–H groups in total. The molecule has 2 rings (SSSR count). The molecule has 0 aromatic heterocycles. The fourth-order valence-electron chi connectivity index (χ4n) is 2.31. The topological polar surface area (TPSA) is 66.4 Å². The average Bonchev–Trinajstić information content (AvgIpc) is 2.20. The minimum absolute atomic E-state index is 0.000539. The number of aliphatic carboxylic acids is 1. The Morgan fingerprint density at radius 3 is 2.22 bits per heavy atom. The molecule has 4 nitrogen and oxygen atoms in total. The van der Waals surface area contributed by atoms with Crippen molar-refractivity contribution in [3.8, 4) is 0 Å². The van der Waals surface area contributed by atoms with Crippen LogP contribution in [0.2, 0.25) is 0 Å². The molecule has 1 fully saturated rings. The van der Waals surface area contributed by atoms with Gasteiger partial charge >= 0.3 is 5.97 Å². The normalized spacial score (nSPS) is 22.1. The van der Waals surface area contributed by atoms with Crippen LogP contribution in [0.4, 0.5) is 0 Å². The first kappa shape index (κ1) is 12.6. The molecule has 0 saturated heterocycles. The summed E-state index contributed by atoms with van der Waals surface area (Å²) in [5.74, 6) is -1.18. The maximum absolute atomic E-state index is 12.0. The van der Waals surface area contributed by atoms with E-state index in [9.17, 15) is 9.59 Å². The Labute approximate surface area is 106 Å². The van der Waals surface area contributed by atoms with Crippen LogP contribution in [-0.4, -0.2) is 23.0 Å². The van der Waals surface area contributed by atoms with Gasteiger partial charge in [0.1, 0.15) is 0 Å². The zero-order valence-corrected chi connectivity index (χ0v) is 10.6. The van der Waals surface area contributed by atoms with Crippen LogP contribution in [0.25, 0.3) is 0 Å². The molecular weight excluding hydrogens is 230 g/mol. The number of carboxylic acids is 1. The monoisotopic (exact) mass is 247 g/mol. The molecule has 1 saturated carbocycles. The lowest BCUT2D eigenvalue weighted by molar-refractivity contribution is -0.145. The van der Waals surface area contributed by atoms with Gasteiger partial charge in [-0.05, 0) is 38.8 Å². The van der Waals surface area contributed by atoms with Crippen LogP contribution in [0.3, 0.4) is 0 Å². The van der Waals surface area contributed by atoms with Crippen LogP contribution in [0.15, 0.2) is 18.2 Å². The van der Waals surface area contributed by atoms with E-state index in [4.69, 9.17) is 5.11 Å². The molecule has 0 radical (unpaired) electrons. The number of carbonyl (C=O) groups excluding carboxylic acids is 1. The quantitative estimate of drug-likeness (QED) is 0.857. The molecule has 18 heavy (non-hydrogen) atoms. The fraction of sp³-hybridized carbons (Fsp3) is 0.429. The first-order chi connectivity index (χ1) is 8.45. The van der Waals surface area contributed by atoms with Crippen LogP contribution >= 0.6 is 0 Å². The van der Waals surface area contributed by atoms with Crippen LogP contribution in [0.1, 0.15) is 34.3 Å². The molecule has 0 aliphatic heterocycles. The van der Waals surface area contributed by atoms with Gasteiger partial charge in [-0.2, -0.15) is 0 Å². The predicted octanol–water partition coefficient (Wildman–Crippen LogP) is 1.90. The van der Waals surface area contributed by atoms with E-state index < -0.39 is 5.97 Å². The standard InChI is InChI=1S/C14H17NO3/c1-8-3-9(2)5-10(4-8)13(16)15-12-6-11(7-12)14(17)18/h3-5,11-12H,6-7H2,1-2H3,(H,15,16)(H,17,18). The highest BCUT2D eigenvalue weighted by Crippen LogP contribution is 2.27. The number of aryl methyl sites for hydroxylation is 2. The van der Waals surface area contributed by atoms with Gasteiger partial charge in [-0.15, -0.1) is 0 Å². The first-order valence-electron chi connectivity index (χ1n) is 6.07. The van der Waals surface area contributed by atoms with Gasteiger partial charge in [0.25, 0.3) is 5.91 Å². The molecule has 0 spiro atoms. The number of hydrogen-bond donors (Lipinski definition) is 2. The lowest BCUT2D eigenvalue weighted by Gasteiger charge is -2.32. The molecule has 1 aromatic carbocycles. The summed E-state index contributed by atoms with van der Waals surface area (Å²) >= 11 is 0. The van der Waals surface area contributed by atoms with Crippen molar-refractivity contribution >= 4 is 11.9 Å². The lowest BCUT2D eigenvalue weighted by Crippen LogP contribution is -2.46. The fourth-order valence-corrected chi connectivity index (χ4v) is 2.31. The molecule has 96 valence electrons. The Balaban J connectivity index is 1.95. The maximum Gasteiger partial charge on any atom is 0.306 e. The number of nitrogens with one attached hydrogen (secondary N) is 1. The molecule has 1 aliphatic rings. The van der Waals surface area contributed by atoms with E-state index in [1.807, 2.05) is 32.0 Å². The molecule has 1 amide bonds. The predicted molar refractivity (Wildman–Crippen MR) is 67.5 cm³/mol. The number of hydrogen-bond acceptors (Lipinski definition) is 2. The number of rotatable bonds is 3. The zero-order valence-electron chi connectivity index (χ0n) is 10.6. The van der Waals surface area contributed by atoms with E-state index in [2.05, 4.69) is 5.32 Å². The molecule has 0 unspecified atom stereocenters. The molecule has 0 bridgehead atoms. The Morgan fingerprint density at radius 2 is 1.72 bits per heavy atom. The average molecular weight is 247 g/mol. The summed E-state index contributed by atoms with van der Waals surface area (Å²) in [7, 11) is 0. The van der Waals surface area contributed by atoms with Gasteiger partial charge in [0.2, 0.25) is 0 Å². The summed E-state index contributed by atoms with van der Waals surface area (Å²) < 4.78 is 0. The molecular formula is C14H17NO3. The minimum Gasteiger partial charge on any atom is -0.481 e. The van der Waals surface area contributed by atoms with Gasteiger partial charge in [-0.25, -0.2) is 0 Å². The number of amides is 1.